The Morgan fingerprint density at radius 1 is 0.815 bits per heavy atom. The lowest BCUT2D eigenvalue weighted by Gasteiger charge is -2.10. The number of thioether (sulfide) groups is 1. The van der Waals surface area contributed by atoms with Crippen LogP contribution in [-0.2, 0) is 0 Å². The molecule has 4 aromatic rings. The predicted octanol–water partition coefficient (Wildman–Crippen LogP) is 6.45. The standard InChI is InChI=1S/C22H17N3S2/c1-14-10-12-15(13-11-14)23-21-24-25-22(27-21)26-20-18-8-4-2-6-16(18)17-7-3-5-9-19(17)20/h2-13,20H,1H3,(H,23,24). The number of nitrogens with one attached hydrogen (secondary N) is 1. The summed E-state index contributed by atoms with van der Waals surface area (Å²) in [5, 5.41) is 13.2. The molecular weight excluding hydrogens is 370 g/mol. The summed E-state index contributed by atoms with van der Waals surface area (Å²) >= 11 is 3.37. The van der Waals surface area contributed by atoms with Gasteiger partial charge in [0.1, 0.15) is 0 Å². The van der Waals surface area contributed by atoms with Crippen molar-refractivity contribution in [1.82, 2.24) is 10.2 Å². The summed E-state index contributed by atoms with van der Waals surface area (Å²) in [7, 11) is 0. The molecule has 5 rings (SSSR count). The second-order valence-electron chi connectivity index (χ2n) is 6.54. The highest BCUT2D eigenvalue weighted by Crippen LogP contribution is 2.52. The second-order valence-corrected chi connectivity index (χ2v) is 8.87. The van der Waals surface area contributed by atoms with Gasteiger partial charge in [0, 0.05) is 5.69 Å². The highest BCUT2D eigenvalue weighted by molar-refractivity contribution is 8.01. The molecule has 132 valence electrons. The molecule has 0 unspecified atom stereocenters. The van der Waals surface area contributed by atoms with Crippen molar-refractivity contribution in [1.29, 1.82) is 0 Å². The van der Waals surface area contributed by atoms with Gasteiger partial charge in [-0.25, -0.2) is 0 Å². The summed E-state index contributed by atoms with van der Waals surface area (Å²) in [6, 6.07) is 25.6. The molecule has 1 aliphatic carbocycles. The first kappa shape index (κ1) is 16.5. The van der Waals surface area contributed by atoms with Crippen molar-refractivity contribution in [2.75, 3.05) is 5.32 Å². The van der Waals surface area contributed by atoms with Crippen LogP contribution in [0.25, 0.3) is 11.1 Å². The summed E-state index contributed by atoms with van der Waals surface area (Å²) in [6.07, 6.45) is 0. The number of benzene rings is 3. The zero-order chi connectivity index (χ0) is 18.2. The van der Waals surface area contributed by atoms with Gasteiger partial charge in [-0.1, -0.05) is 89.3 Å². The fraction of sp³-hybridized carbons (Fsp3) is 0.0909. The maximum absolute atomic E-state index is 4.41. The number of aryl methyl sites for hydroxylation is 1. The van der Waals surface area contributed by atoms with Crippen LogP contribution in [0, 0.1) is 6.92 Å². The average Bonchev–Trinajstić information content (AvgIpc) is 3.27. The van der Waals surface area contributed by atoms with Gasteiger partial charge < -0.3 is 5.32 Å². The molecule has 3 aromatic carbocycles. The lowest BCUT2D eigenvalue weighted by atomic mass is 10.1. The van der Waals surface area contributed by atoms with E-state index < -0.39 is 0 Å². The molecule has 27 heavy (non-hydrogen) atoms. The smallest absolute Gasteiger partial charge is 0.210 e. The Hall–Kier alpha value is -2.63. The Balaban J connectivity index is 1.41. The Morgan fingerprint density at radius 3 is 2.11 bits per heavy atom. The number of anilines is 2. The van der Waals surface area contributed by atoms with E-state index in [0.717, 1.165) is 15.2 Å². The van der Waals surface area contributed by atoms with Crippen LogP contribution >= 0.6 is 23.1 Å². The molecule has 5 heteroatoms. The number of nitrogens with zero attached hydrogens (tertiary/aromatic N) is 2. The zero-order valence-corrected chi connectivity index (χ0v) is 16.3. The molecule has 1 aromatic heterocycles. The van der Waals surface area contributed by atoms with Gasteiger partial charge in [0.25, 0.3) is 0 Å². The van der Waals surface area contributed by atoms with E-state index in [4.69, 9.17) is 0 Å². The molecule has 1 N–H and O–H groups in total. The summed E-state index contributed by atoms with van der Waals surface area (Å²) in [6.45, 7) is 2.08. The summed E-state index contributed by atoms with van der Waals surface area (Å²) in [5.41, 5.74) is 7.64. The lowest BCUT2D eigenvalue weighted by Crippen LogP contribution is -1.90. The average molecular weight is 388 g/mol. The lowest BCUT2D eigenvalue weighted by molar-refractivity contribution is 1.01. The van der Waals surface area contributed by atoms with Crippen LogP contribution in [0.3, 0.4) is 0 Å². The van der Waals surface area contributed by atoms with Gasteiger partial charge in [-0.05, 0) is 41.3 Å². The van der Waals surface area contributed by atoms with Crippen molar-refractivity contribution < 1.29 is 0 Å². The first-order valence-electron chi connectivity index (χ1n) is 8.80. The maximum Gasteiger partial charge on any atom is 0.210 e. The van der Waals surface area contributed by atoms with E-state index in [1.165, 1.54) is 27.8 Å². The van der Waals surface area contributed by atoms with Gasteiger partial charge in [0.2, 0.25) is 5.13 Å². The van der Waals surface area contributed by atoms with Crippen LogP contribution in [0.15, 0.2) is 77.1 Å². The van der Waals surface area contributed by atoms with Gasteiger partial charge in [0.15, 0.2) is 4.34 Å². The molecule has 0 saturated carbocycles. The molecule has 0 saturated heterocycles. The minimum atomic E-state index is 0.262. The monoisotopic (exact) mass is 387 g/mol. The highest BCUT2D eigenvalue weighted by atomic mass is 32.2. The van der Waals surface area contributed by atoms with E-state index in [1.807, 2.05) is 0 Å². The highest BCUT2D eigenvalue weighted by Gasteiger charge is 2.29. The van der Waals surface area contributed by atoms with Crippen molar-refractivity contribution in [3.8, 4) is 11.1 Å². The zero-order valence-electron chi connectivity index (χ0n) is 14.7. The van der Waals surface area contributed by atoms with Crippen molar-refractivity contribution in [3.63, 3.8) is 0 Å². The van der Waals surface area contributed by atoms with E-state index in [2.05, 4.69) is 95.2 Å². The van der Waals surface area contributed by atoms with Gasteiger partial charge >= 0.3 is 0 Å². The quantitative estimate of drug-likeness (QED) is 0.436. The van der Waals surface area contributed by atoms with Crippen molar-refractivity contribution in [2.24, 2.45) is 0 Å². The van der Waals surface area contributed by atoms with E-state index in [9.17, 15) is 0 Å². The number of rotatable bonds is 4. The molecule has 0 aliphatic heterocycles. The largest absolute Gasteiger partial charge is 0.330 e. The number of hydrogen-bond donors (Lipinski definition) is 1. The number of hydrogen-bond acceptors (Lipinski definition) is 5. The van der Waals surface area contributed by atoms with E-state index >= 15 is 0 Å². The van der Waals surface area contributed by atoms with E-state index in [-0.39, 0.29) is 5.25 Å². The van der Waals surface area contributed by atoms with Crippen LogP contribution in [-0.4, -0.2) is 10.2 Å². The molecule has 0 fully saturated rings. The van der Waals surface area contributed by atoms with Crippen LogP contribution in [0.1, 0.15) is 21.9 Å². The van der Waals surface area contributed by atoms with Gasteiger partial charge in [-0.3, -0.25) is 0 Å². The number of fused-ring (bicyclic) bond motifs is 3. The van der Waals surface area contributed by atoms with Crippen LogP contribution in [0.4, 0.5) is 10.8 Å². The van der Waals surface area contributed by atoms with E-state index in [1.54, 1.807) is 23.1 Å². The Bertz CT molecular complexity index is 1060. The third-order valence-corrected chi connectivity index (χ3v) is 6.90. The Kier molecular flexibility index (Phi) is 4.19. The molecule has 0 radical (unpaired) electrons. The van der Waals surface area contributed by atoms with Crippen molar-refractivity contribution in [2.45, 2.75) is 16.5 Å². The normalized spacial score (nSPS) is 12.6. The van der Waals surface area contributed by atoms with Gasteiger partial charge in [0.05, 0.1) is 5.25 Å². The van der Waals surface area contributed by atoms with Crippen molar-refractivity contribution in [3.05, 3.63) is 89.5 Å². The third-order valence-electron chi connectivity index (χ3n) is 4.70. The minimum Gasteiger partial charge on any atom is -0.330 e. The Labute approximate surface area is 166 Å². The molecule has 1 heterocycles. The molecule has 0 spiro atoms. The third kappa shape index (κ3) is 3.13. The first-order chi connectivity index (χ1) is 13.3. The molecule has 0 amide bonds. The van der Waals surface area contributed by atoms with Gasteiger partial charge in [-0.15, -0.1) is 10.2 Å². The van der Waals surface area contributed by atoms with Gasteiger partial charge in [-0.2, -0.15) is 0 Å². The maximum atomic E-state index is 4.41. The van der Waals surface area contributed by atoms with Crippen LogP contribution in [0.5, 0.6) is 0 Å². The molecule has 1 aliphatic rings. The van der Waals surface area contributed by atoms with Crippen LogP contribution in [0.2, 0.25) is 0 Å². The molecular formula is C22H17N3S2. The Morgan fingerprint density at radius 2 is 1.44 bits per heavy atom. The van der Waals surface area contributed by atoms with E-state index in [0.29, 0.717) is 0 Å². The molecule has 0 bridgehead atoms. The summed E-state index contributed by atoms with van der Waals surface area (Å²) in [4.78, 5) is 0. The number of aromatic nitrogens is 2. The second kappa shape index (κ2) is 6.83. The summed E-state index contributed by atoms with van der Waals surface area (Å²) in [5.74, 6) is 0. The SMILES string of the molecule is Cc1ccc(Nc2nnc(SC3c4ccccc4-c4ccccc43)s2)cc1. The molecule has 3 nitrogen and oxygen atoms in total. The fourth-order valence-corrected chi connectivity index (χ4v) is 5.58. The van der Waals surface area contributed by atoms with Crippen LogP contribution < -0.4 is 5.32 Å². The predicted molar refractivity (Wildman–Crippen MR) is 114 cm³/mol. The fourth-order valence-electron chi connectivity index (χ4n) is 3.41. The minimum absolute atomic E-state index is 0.262. The molecule has 0 atom stereocenters. The summed E-state index contributed by atoms with van der Waals surface area (Å²) < 4.78 is 0.973. The first-order valence-corrected chi connectivity index (χ1v) is 10.5. The van der Waals surface area contributed by atoms with Crippen molar-refractivity contribution >= 4 is 33.9 Å². The topological polar surface area (TPSA) is 37.8 Å².